The smallest absolute Gasteiger partial charge is 0.0792 e. The van der Waals surface area contributed by atoms with E-state index in [1.54, 1.807) is 0 Å². The van der Waals surface area contributed by atoms with Crippen molar-refractivity contribution >= 4 is 0 Å². The maximum atomic E-state index is 10.2. The lowest BCUT2D eigenvalue weighted by molar-refractivity contribution is 0.134. The van der Waals surface area contributed by atoms with Gasteiger partial charge in [0.25, 0.3) is 0 Å². The number of benzene rings is 1. The Morgan fingerprint density at radius 2 is 2.06 bits per heavy atom. The van der Waals surface area contributed by atoms with E-state index in [1.807, 2.05) is 6.07 Å². The third kappa shape index (κ3) is 3.08. The van der Waals surface area contributed by atoms with Crippen molar-refractivity contribution in [3.05, 3.63) is 34.9 Å². The van der Waals surface area contributed by atoms with Crippen LogP contribution in [0.15, 0.2) is 18.2 Å². The molecule has 2 unspecified atom stereocenters. The third-order valence-electron chi connectivity index (χ3n) is 3.54. The number of hydrogen-bond acceptors (Lipinski definition) is 2. The Morgan fingerprint density at radius 3 is 2.82 bits per heavy atom. The first-order valence-electron chi connectivity index (χ1n) is 6.58. The second-order valence-corrected chi connectivity index (χ2v) is 5.17. The van der Waals surface area contributed by atoms with E-state index in [1.165, 1.54) is 24.0 Å². The third-order valence-corrected chi connectivity index (χ3v) is 3.54. The number of aliphatic hydroxyl groups is 1. The van der Waals surface area contributed by atoms with Crippen LogP contribution in [0.1, 0.15) is 55.9 Å². The molecule has 1 aliphatic heterocycles. The van der Waals surface area contributed by atoms with Gasteiger partial charge in [0, 0.05) is 0 Å². The largest absolute Gasteiger partial charge is 0.388 e. The average molecular weight is 234 g/mol. The van der Waals surface area contributed by atoms with Crippen molar-refractivity contribution in [2.45, 2.75) is 52.4 Å². The molecule has 0 radical (unpaired) electrons. The van der Waals surface area contributed by atoms with Gasteiger partial charge in [-0.15, -0.1) is 0 Å². The van der Waals surface area contributed by atoms with E-state index >= 15 is 0 Å². The van der Waals surface area contributed by atoms with Crippen molar-refractivity contribution in [2.75, 3.05) is 0 Å². The predicted molar refractivity (Wildman–Crippen MR) is 68.6 cm³/mol. The second-order valence-electron chi connectivity index (χ2n) is 5.17. The highest BCUT2D eigenvalue weighted by Gasteiger charge is 2.16. The number of hydrogen-bond donors (Lipinski definition) is 1. The summed E-state index contributed by atoms with van der Waals surface area (Å²) < 4.78 is 5.39. The molecule has 0 aromatic heterocycles. The molecule has 1 N–H and O–H groups in total. The van der Waals surface area contributed by atoms with Gasteiger partial charge in [-0.1, -0.05) is 44.9 Å². The Hall–Kier alpha value is -0.860. The molecule has 0 spiro atoms. The quantitative estimate of drug-likeness (QED) is 0.843. The van der Waals surface area contributed by atoms with E-state index < -0.39 is 0 Å². The monoisotopic (exact) mass is 234 g/mol. The van der Waals surface area contributed by atoms with Crippen LogP contribution in [0.2, 0.25) is 0 Å². The van der Waals surface area contributed by atoms with Gasteiger partial charge < -0.3 is 9.84 Å². The highest BCUT2D eigenvalue weighted by molar-refractivity contribution is 5.34. The molecule has 94 valence electrons. The molecule has 1 aliphatic rings. The summed E-state index contributed by atoms with van der Waals surface area (Å²) in [5.41, 5.74) is 3.55. The first-order chi connectivity index (χ1) is 8.20. The highest BCUT2D eigenvalue weighted by Crippen LogP contribution is 2.28. The molecule has 0 saturated carbocycles. The molecule has 0 aliphatic carbocycles. The Balaban J connectivity index is 2.01. The van der Waals surface area contributed by atoms with E-state index in [9.17, 15) is 5.11 Å². The van der Waals surface area contributed by atoms with E-state index in [-0.39, 0.29) is 6.10 Å². The maximum absolute atomic E-state index is 10.2. The van der Waals surface area contributed by atoms with Gasteiger partial charge in [-0.3, -0.25) is 0 Å². The van der Waals surface area contributed by atoms with Crippen molar-refractivity contribution in [1.29, 1.82) is 0 Å². The van der Waals surface area contributed by atoms with Crippen molar-refractivity contribution in [2.24, 2.45) is 5.92 Å². The summed E-state index contributed by atoms with van der Waals surface area (Å²) in [5.74, 6) is 0.583. The van der Waals surface area contributed by atoms with Gasteiger partial charge >= 0.3 is 0 Å². The SMILES string of the molecule is CCCC(C)CC(O)c1ccc2c(c1)COC2. The Kier molecular flexibility index (Phi) is 4.19. The Labute approximate surface area is 104 Å². The zero-order chi connectivity index (χ0) is 12.3. The molecular formula is C15H22O2. The van der Waals surface area contributed by atoms with Gasteiger partial charge in [0.2, 0.25) is 0 Å². The molecule has 1 aromatic carbocycles. The molecule has 2 rings (SSSR count). The molecule has 2 nitrogen and oxygen atoms in total. The van der Waals surface area contributed by atoms with Gasteiger partial charge in [-0.25, -0.2) is 0 Å². The minimum Gasteiger partial charge on any atom is -0.388 e. The highest BCUT2D eigenvalue weighted by atomic mass is 16.5. The molecule has 1 aromatic rings. The van der Waals surface area contributed by atoms with E-state index in [2.05, 4.69) is 26.0 Å². The van der Waals surface area contributed by atoms with E-state index in [0.717, 1.165) is 18.6 Å². The number of aliphatic hydroxyl groups excluding tert-OH is 1. The van der Waals surface area contributed by atoms with Crippen LogP contribution in [0.4, 0.5) is 0 Å². The minimum absolute atomic E-state index is 0.331. The van der Waals surface area contributed by atoms with E-state index in [4.69, 9.17) is 4.74 Å². The topological polar surface area (TPSA) is 29.5 Å². The minimum atomic E-state index is -0.331. The van der Waals surface area contributed by atoms with Gasteiger partial charge in [0.1, 0.15) is 0 Å². The summed E-state index contributed by atoms with van der Waals surface area (Å²) in [6, 6.07) is 6.23. The molecule has 0 amide bonds. The molecule has 1 heterocycles. The van der Waals surface area contributed by atoms with Crippen molar-refractivity contribution in [3.8, 4) is 0 Å². The Morgan fingerprint density at radius 1 is 1.29 bits per heavy atom. The van der Waals surface area contributed by atoms with Gasteiger partial charge in [0.05, 0.1) is 19.3 Å². The van der Waals surface area contributed by atoms with Gasteiger partial charge in [0.15, 0.2) is 0 Å². The average Bonchev–Trinajstić information content (AvgIpc) is 2.75. The molecule has 0 saturated heterocycles. The fraction of sp³-hybridized carbons (Fsp3) is 0.600. The lowest BCUT2D eigenvalue weighted by atomic mass is 9.93. The van der Waals surface area contributed by atoms with Crippen LogP contribution in [0.5, 0.6) is 0 Å². The van der Waals surface area contributed by atoms with Crippen LogP contribution in [0, 0.1) is 5.92 Å². The summed E-state index contributed by atoms with van der Waals surface area (Å²) in [6.07, 6.45) is 2.90. The van der Waals surface area contributed by atoms with Crippen molar-refractivity contribution in [3.63, 3.8) is 0 Å². The van der Waals surface area contributed by atoms with Crippen molar-refractivity contribution in [1.82, 2.24) is 0 Å². The summed E-state index contributed by atoms with van der Waals surface area (Å²) in [7, 11) is 0. The van der Waals surface area contributed by atoms with Crippen LogP contribution >= 0.6 is 0 Å². The normalized spacial score (nSPS) is 17.8. The molecule has 0 bridgehead atoms. The van der Waals surface area contributed by atoms with Crippen LogP contribution in [0.25, 0.3) is 0 Å². The summed E-state index contributed by atoms with van der Waals surface area (Å²) in [4.78, 5) is 0. The zero-order valence-electron chi connectivity index (χ0n) is 10.8. The van der Waals surface area contributed by atoms with Gasteiger partial charge in [-0.2, -0.15) is 0 Å². The lowest BCUT2D eigenvalue weighted by Gasteiger charge is -2.16. The number of ether oxygens (including phenoxy) is 1. The summed E-state index contributed by atoms with van der Waals surface area (Å²) >= 11 is 0. The lowest BCUT2D eigenvalue weighted by Crippen LogP contribution is -2.05. The van der Waals surface area contributed by atoms with Crippen LogP contribution in [-0.2, 0) is 18.0 Å². The number of rotatable bonds is 5. The maximum Gasteiger partial charge on any atom is 0.0792 e. The summed E-state index contributed by atoms with van der Waals surface area (Å²) in [6.45, 7) is 5.82. The van der Waals surface area contributed by atoms with Gasteiger partial charge in [-0.05, 0) is 29.0 Å². The molecule has 17 heavy (non-hydrogen) atoms. The fourth-order valence-corrected chi connectivity index (χ4v) is 2.53. The number of fused-ring (bicyclic) bond motifs is 1. The molecule has 0 fully saturated rings. The zero-order valence-corrected chi connectivity index (χ0v) is 10.8. The summed E-state index contributed by atoms with van der Waals surface area (Å²) in [5, 5.41) is 10.2. The standard InChI is InChI=1S/C15H22O2/c1-3-4-11(2)7-15(16)12-5-6-13-9-17-10-14(13)8-12/h5-6,8,11,15-16H,3-4,7,9-10H2,1-2H3. The first kappa shape index (κ1) is 12.6. The van der Waals surface area contributed by atoms with Crippen LogP contribution in [0.3, 0.4) is 0 Å². The molecular weight excluding hydrogens is 212 g/mol. The molecule has 2 heteroatoms. The fourth-order valence-electron chi connectivity index (χ4n) is 2.53. The van der Waals surface area contributed by atoms with Crippen LogP contribution < -0.4 is 0 Å². The van der Waals surface area contributed by atoms with Crippen molar-refractivity contribution < 1.29 is 9.84 Å². The predicted octanol–water partition coefficient (Wildman–Crippen LogP) is 3.58. The van der Waals surface area contributed by atoms with Crippen LogP contribution in [-0.4, -0.2) is 5.11 Å². The molecule has 2 atom stereocenters. The second kappa shape index (κ2) is 5.65. The Bertz CT molecular complexity index is 373. The van der Waals surface area contributed by atoms with E-state index in [0.29, 0.717) is 12.5 Å². The first-order valence-corrected chi connectivity index (χ1v) is 6.58.